The average Bonchev–Trinajstić information content (AvgIpc) is 2.57. The maximum absolute atomic E-state index is 13.0. The fourth-order valence-electron chi connectivity index (χ4n) is 1.91. The third kappa shape index (κ3) is 3.61. The lowest BCUT2D eigenvalue weighted by Gasteiger charge is -2.17. The number of nitrogens with zero attached hydrogens (tertiary/aromatic N) is 1. The Balaban J connectivity index is 1.96. The summed E-state index contributed by atoms with van der Waals surface area (Å²) in [5.41, 5.74) is 0.440. The van der Waals surface area contributed by atoms with E-state index in [2.05, 4.69) is 4.90 Å². The predicted molar refractivity (Wildman–Crippen MR) is 62.6 cm³/mol. The molecule has 1 aliphatic rings. The molecule has 92 valence electrons. The predicted octanol–water partition coefficient (Wildman–Crippen LogP) is 1.73. The van der Waals surface area contributed by atoms with E-state index in [1.54, 1.807) is 12.1 Å². The van der Waals surface area contributed by atoms with E-state index >= 15 is 0 Å². The topological polar surface area (TPSA) is 29.5 Å². The molecule has 2 rings (SSSR count). The fourth-order valence-corrected chi connectivity index (χ4v) is 1.91. The molecular weight excluding hydrogens is 221 g/mol. The van der Waals surface area contributed by atoms with Crippen LogP contribution in [0.2, 0.25) is 0 Å². The summed E-state index contributed by atoms with van der Waals surface area (Å²) in [5, 5.41) is 0. The summed E-state index contributed by atoms with van der Waals surface area (Å²) in [6.07, 6.45) is 0.941. The van der Waals surface area contributed by atoms with Crippen LogP contribution in [0, 0.1) is 5.82 Å². The number of carbonyl (C=O) groups is 1. The molecule has 0 N–H and O–H groups in total. The van der Waals surface area contributed by atoms with Gasteiger partial charge in [0.05, 0.1) is 13.2 Å². The van der Waals surface area contributed by atoms with Gasteiger partial charge in [-0.1, -0.05) is 12.1 Å². The van der Waals surface area contributed by atoms with Crippen molar-refractivity contribution >= 4 is 5.78 Å². The highest BCUT2D eigenvalue weighted by Crippen LogP contribution is 2.07. The van der Waals surface area contributed by atoms with Crippen molar-refractivity contribution in [1.29, 1.82) is 0 Å². The van der Waals surface area contributed by atoms with E-state index in [9.17, 15) is 9.18 Å². The van der Waals surface area contributed by atoms with Crippen LogP contribution in [0.15, 0.2) is 24.3 Å². The Kier molecular flexibility index (Phi) is 4.23. The van der Waals surface area contributed by atoms with Crippen LogP contribution < -0.4 is 0 Å². The molecule has 0 radical (unpaired) electrons. The van der Waals surface area contributed by atoms with Crippen LogP contribution in [0.5, 0.6) is 0 Å². The molecule has 0 aliphatic carbocycles. The van der Waals surface area contributed by atoms with Crippen molar-refractivity contribution in [2.24, 2.45) is 0 Å². The zero-order valence-electron chi connectivity index (χ0n) is 9.69. The normalized spacial score (nSPS) is 17.7. The Morgan fingerprint density at radius 3 is 3.06 bits per heavy atom. The number of Topliss-reactive ketones (excluding diaryl/α,β-unsaturated/α-hetero) is 1. The smallest absolute Gasteiger partial charge is 0.176 e. The molecular formula is C13H16FNO2. The highest BCUT2D eigenvalue weighted by Gasteiger charge is 2.14. The molecule has 0 unspecified atom stereocenters. The van der Waals surface area contributed by atoms with Gasteiger partial charge in [0.1, 0.15) is 5.82 Å². The lowest BCUT2D eigenvalue weighted by atomic mass is 10.1. The Morgan fingerprint density at radius 2 is 2.24 bits per heavy atom. The van der Waals surface area contributed by atoms with Crippen LogP contribution in [0.25, 0.3) is 0 Å². The molecule has 0 aromatic heterocycles. The number of carbonyl (C=O) groups excluding carboxylic acids is 1. The minimum atomic E-state index is -0.366. The maximum atomic E-state index is 13.0. The lowest BCUT2D eigenvalue weighted by Crippen LogP contribution is -2.32. The van der Waals surface area contributed by atoms with E-state index in [1.807, 2.05) is 0 Å². The van der Waals surface area contributed by atoms with Crippen molar-refractivity contribution in [3.8, 4) is 0 Å². The number of halogens is 1. The summed E-state index contributed by atoms with van der Waals surface area (Å²) >= 11 is 0. The molecule has 0 atom stereocenters. The zero-order valence-corrected chi connectivity index (χ0v) is 9.69. The highest BCUT2D eigenvalue weighted by molar-refractivity contribution is 5.97. The summed E-state index contributed by atoms with van der Waals surface area (Å²) in [7, 11) is 0. The van der Waals surface area contributed by atoms with Crippen LogP contribution in [0.3, 0.4) is 0 Å². The molecule has 0 amide bonds. The van der Waals surface area contributed by atoms with Gasteiger partial charge in [-0.3, -0.25) is 9.69 Å². The second kappa shape index (κ2) is 5.89. The van der Waals surface area contributed by atoms with Gasteiger partial charge < -0.3 is 4.74 Å². The standard InChI is InChI=1S/C13H16FNO2/c14-12-4-1-3-11(9-12)13(16)10-15-5-2-7-17-8-6-15/h1,3-4,9H,2,5-8,10H2. The summed E-state index contributed by atoms with van der Waals surface area (Å²) in [6.45, 7) is 3.38. The summed E-state index contributed by atoms with van der Waals surface area (Å²) < 4.78 is 18.3. The first-order valence-corrected chi connectivity index (χ1v) is 5.84. The summed E-state index contributed by atoms with van der Waals surface area (Å²) in [4.78, 5) is 14.0. The van der Waals surface area contributed by atoms with Crippen molar-refractivity contribution in [3.63, 3.8) is 0 Å². The Labute approximate surface area is 100 Å². The summed E-state index contributed by atoms with van der Waals surface area (Å²) in [6, 6.07) is 5.85. The summed E-state index contributed by atoms with van der Waals surface area (Å²) in [5.74, 6) is -0.401. The molecule has 1 aromatic rings. The number of hydrogen-bond acceptors (Lipinski definition) is 3. The number of benzene rings is 1. The van der Waals surface area contributed by atoms with Crippen molar-refractivity contribution in [2.75, 3.05) is 32.8 Å². The van der Waals surface area contributed by atoms with Gasteiger partial charge in [-0.05, 0) is 18.6 Å². The Hall–Kier alpha value is -1.26. The number of ether oxygens (including phenoxy) is 1. The Morgan fingerprint density at radius 1 is 1.35 bits per heavy atom. The molecule has 17 heavy (non-hydrogen) atoms. The molecule has 3 nitrogen and oxygen atoms in total. The molecule has 4 heteroatoms. The second-order valence-electron chi connectivity index (χ2n) is 4.18. The van der Waals surface area contributed by atoms with Crippen LogP contribution in [-0.4, -0.2) is 43.5 Å². The molecule has 1 fully saturated rings. The van der Waals surface area contributed by atoms with Crippen LogP contribution >= 0.6 is 0 Å². The molecule has 1 heterocycles. The van der Waals surface area contributed by atoms with Crippen molar-refractivity contribution in [2.45, 2.75) is 6.42 Å². The van der Waals surface area contributed by atoms with Gasteiger partial charge in [0.15, 0.2) is 5.78 Å². The fraction of sp³-hybridized carbons (Fsp3) is 0.462. The second-order valence-corrected chi connectivity index (χ2v) is 4.18. The number of hydrogen-bond donors (Lipinski definition) is 0. The molecule has 1 aliphatic heterocycles. The van der Waals surface area contributed by atoms with Gasteiger partial charge in [-0.15, -0.1) is 0 Å². The zero-order chi connectivity index (χ0) is 12.1. The molecule has 0 spiro atoms. The van der Waals surface area contributed by atoms with Crippen LogP contribution in [0.1, 0.15) is 16.8 Å². The third-order valence-corrected chi connectivity index (χ3v) is 2.83. The number of rotatable bonds is 3. The quantitative estimate of drug-likeness (QED) is 0.750. The minimum absolute atomic E-state index is 0.0357. The largest absolute Gasteiger partial charge is 0.380 e. The molecule has 1 aromatic carbocycles. The first-order chi connectivity index (χ1) is 8.25. The first kappa shape index (κ1) is 12.2. The van der Waals surface area contributed by atoms with E-state index in [1.165, 1.54) is 12.1 Å². The van der Waals surface area contributed by atoms with Gasteiger partial charge in [0.25, 0.3) is 0 Å². The van der Waals surface area contributed by atoms with Crippen LogP contribution in [-0.2, 0) is 4.74 Å². The van der Waals surface area contributed by atoms with Gasteiger partial charge >= 0.3 is 0 Å². The van der Waals surface area contributed by atoms with E-state index in [0.717, 1.165) is 26.1 Å². The van der Waals surface area contributed by atoms with Gasteiger partial charge in [0, 0.05) is 25.3 Å². The van der Waals surface area contributed by atoms with Gasteiger partial charge in [0.2, 0.25) is 0 Å². The molecule has 1 saturated heterocycles. The van der Waals surface area contributed by atoms with E-state index in [0.29, 0.717) is 18.7 Å². The number of ketones is 1. The van der Waals surface area contributed by atoms with Crippen molar-refractivity contribution in [3.05, 3.63) is 35.6 Å². The van der Waals surface area contributed by atoms with Crippen molar-refractivity contribution < 1.29 is 13.9 Å². The monoisotopic (exact) mass is 237 g/mol. The lowest BCUT2D eigenvalue weighted by molar-refractivity contribution is 0.0922. The van der Waals surface area contributed by atoms with E-state index < -0.39 is 0 Å². The molecule has 0 saturated carbocycles. The average molecular weight is 237 g/mol. The van der Waals surface area contributed by atoms with Crippen molar-refractivity contribution in [1.82, 2.24) is 4.90 Å². The highest BCUT2D eigenvalue weighted by atomic mass is 19.1. The van der Waals surface area contributed by atoms with Crippen LogP contribution in [0.4, 0.5) is 4.39 Å². The maximum Gasteiger partial charge on any atom is 0.176 e. The Bertz CT molecular complexity index is 387. The minimum Gasteiger partial charge on any atom is -0.380 e. The van der Waals surface area contributed by atoms with E-state index in [-0.39, 0.29) is 11.6 Å². The SMILES string of the molecule is O=C(CN1CCCOCC1)c1cccc(F)c1. The van der Waals surface area contributed by atoms with Gasteiger partial charge in [-0.2, -0.15) is 0 Å². The molecule has 0 bridgehead atoms. The first-order valence-electron chi connectivity index (χ1n) is 5.84. The van der Waals surface area contributed by atoms with E-state index in [4.69, 9.17) is 4.74 Å². The third-order valence-electron chi connectivity index (χ3n) is 2.83. The van der Waals surface area contributed by atoms with Gasteiger partial charge in [-0.25, -0.2) is 4.39 Å².